The number of Topliss-reactive ketones (excluding diaryl/α,β-unsaturated/α-hetero) is 1. The van der Waals surface area contributed by atoms with Crippen molar-refractivity contribution in [2.24, 2.45) is 28.6 Å². The van der Waals surface area contributed by atoms with E-state index in [4.69, 9.17) is 0 Å². The van der Waals surface area contributed by atoms with E-state index in [1.165, 1.54) is 5.57 Å². The number of aliphatic hydroxyl groups is 1. The van der Waals surface area contributed by atoms with Crippen LogP contribution < -0.4 is 0 Å². The van der Waals surface area contributed by atoms with Crippen LogP contribution in [0.25, 0.3) is 6.08 Å². The van der Waals surface area contributed by atoms with Crippen molar-refractivity contribution in [3.63, 3.8) is 0 Å². The molecule has 6 unspecified atom stereocenters. The third-order valence-corrected chi connectivity index (χ3v) is 9.77. The van der Waals surface area contributed by atoms with Crippen LogP contribution in [0, 0.1) is 42.4 Å². The lowest BCUT2D eigenvalue weighted by molar-refractivity contribution is -0.130. The lowest BCUT2D eigenvalue weighted by Gasteiger charge is -2.56. The number of aryl methyl sites for hydroxylation is 2. The summed E-state index contributed by atoms with van der Waals surface area (Å²) in [5.74, 6) is 2.06. The minimum absolute atomic E-state index is 0.164. The molecular weight excluding hydrogens is 384 g/mol. The van der Waals surface area contributed by atoms with Gasteiger partial charge in [0.05, 0.1) is 11.8 Å². The van der Waals surface area contributed by atoms with Crippen LogP contribution in [0.1, 0.15) is 82.7 Å². The summed E-state index contributed by atoms with van der Waals surface area (Å²) in [6.07, 6.45) is 11.5. The largest absolute Gasteiger partial charge is 0.393 e. The van der Waals surface area contributed by atoms with Gasteiger partial charge in [0.25, 0.3) is 0 Å². The first-order chi connectivity index (χ1) is 14.7. The lowest BCUT2D eigenvalue weighted by Crippen LogP contribution is -2.50. The molecule has 0 aliphatic heterocycles. The predicted molar refractivity (Wildman–Crippen MR) is 123 cm³/mol. The van der Waals surface area contributed by atoms with Crippen LogP contribution in [0.15, 0.2) is 17.2 Å². The van der Waals surface area contributed by atoms with Crippen molar-refractivity contribution in [3.05, 3.63) is 34.2 Å². The number of aromatic nitrogens is 2. The molecule has 31 heavy (non-hydrogen) atoms. The Bertz CT molecular complexity index is 986. The number of allylic oxidation sites excluding steroid dienone is 2. The number of nitrogens with zero attached hydrogens (tertiary/aromatic N) is 2. The SMILES string of the molecule is CCn1nc(C)c(C=C2CC3C4CC=C5CC(O)CCC5(C)C4CCC3(C)C2=O)c1C. The van der Waals surface area contributed by atoms with Gasteiger partial charge >= 0.3 is 0 Å². The van der Waals surface area contributed by atoms with Crippen LogP contribution in [0.5, 0.6) is 0 Å². The van der Waals surface area contributed by atoms with Crippen molar-refractivity contribution in [1.82, 2.24) is 9.78 Å². The Balaban J connectivity index is 1.49. The zero-order valence-corrected chi connectivity index (χ0v) is 19.9. The first-order valence-corrected chi connectivity index (χ1v) is 12.4. The first kappa shape index (κ1) is 21.2. The van der Waals surface area contributed by atoms with Crippen LogP contribution in [-0.2, 0) is 11.3 Å². The molecule has 3 saturated carbocycles. The van der Waals surface area contributed by atoms with E-state index in [2.05, 4.69) is 51.9 Å². The normalized spacial score (nSPS) is 41.0. The van der Waals surface area contributed by atoms with E-state index >= 15 is 0 Å². The number of rotatable bonds is 2. The fourth-order valence-electron chi connectivity index (χ4n) is 7.84. The maximum Gasteiger partial charge on any atom is 0.165 e. The second-order valence-electron chi connectivity index (χ2n) is 11.2. The summed E-state index contributed by atoms with van der Waals surface area (Å²) in [5, 5.41) is 14.9. The Labute approximate surface area is 186 Å². The zero-order chi connectivity index (χ0) is 22.1. The van der Waals surface area contributed by atoms with E-state index < -0.39 is 0 Å². The first-order valence-electron chi connectivity index (χ1n) is 12.4. The number of carbonyl (C=O) groups excluding carboxylic acids is 1. The van der Waals surface area contributed by atoms with Crippen molar-refractivity contribution in [3.8, 4) is 0 Å². The van der Waals surface area contributed by atoms with Crippen molar-refractivity contribution >= 4 is 11.9 Å². The van der Waals surface area contributed by atoms with Gasteiger partial charge in [-0.3, -0.25) is 9.48 Å². The molecule has 0 bridgehead atoms. The molecule has 4 nitrogen and oxygen atoms in total. The second-order valence-corrected chi connectivity index (χ2v) is 11.2. The summed E-state index contributed by atoms with van der Waals surface area (Å²) in [7, 11) is 0. The standard InChI is InChI=1S/C27H38N2O2/c1-6-29-17(3)22(16(2)28-29)13-18-14-24-21-8-7-19-15-20(30)9-11-26(19,4)23(21)10-12-27(24,5)25(18)31/h7,13,20-21,23-24,30H,6,8-12,14-15H2,1-5H3. The van der Waals surface area contributed by atoms with Gasteiger partial charge in [-0.1, -0.05) is 25.5 Å². The highest BCUT2D eigenvalue weighted by molar-refractivity contribution is 6.06. The number of aliphatic hydroxyl groups excluding tert-OH is 1. The smallest absolute Gasteiger partial charge is 0.165 e. The molecule has 1 aromatic rings. The summed E-state index contributed by atoms with van der Waals surface area (Å²) >= 11 is 0. The van der Waals surface area contributed by atoms with Gasteiger partial charge in [0, 0.05) is 23.2 Å². The topological polar surface area (TPSA) is 55.1 Å². The number of hydrogen-bond acceptors (Lipinski definition) is 3. The zero-order valence-electron chi connectivity index (χ0n) is 19.9. The van der Waals surface area contributed by atoms with Gasteiger partial charge in [0.15, 0.2) is 5.78 Å². The molecule has 4 heteroatoms. The van der Waals surface area contributed by atoms with Gasteiger partial charge < -0.3 is 5.11 Å². The molecule has 3 fully saturated rings. The Morgan fingerprint density at radius 1 is 1.16 bits per heavy atom. The van der Waals surface area contributed by atoms with Gasteiger partial charge in [-0.15, -0.1) is 0 Å². The molecule has 0 amide bonds. The third kappa shape index (κ3) is 2.97. The summed E-state index contributed by atoms with van der Waals surface area (Å²) < 4.78 is 2.04. The molecule has 1 heterocycles. The summed E-state index contributed by atoms with van der Waals surface area (Å²) in [6.45, 7) is 11.8. The fourth-order valence-corrected chi connectivity index (χ4v) is 7.84. The highest BCUT2D eigenvalue weighted by Gasteiger charge is 2.59. The molecule has 0 aromatic carbocycles. The number of carbonyl (C=O) groups is 1. The maximum atomic E-state index is 13.7. The lowest BCUT2D eigenvalue weighted by atomic mass is 9.48. The van der Waals surface area contributed by atoms with Crippen molar-refractivity contribution < 1.29 is 9.90 Å². The molecule has 4 aliphatic carbocycles. The monoisotopic (exact) mass is 422 g/mol. The van der Waals surface area contributed by atoms with Gasteiger partial charge in [-0.05, 0) is 101 Å². The molecule has 0 radical (unpaired) electrons. The Morgan fingerprint density at radius 2 is 1.90 bits per heavy atom. The van der Waals surface area contributed by atoms with Crippen LogP contribution in [0.2, 0.25) is 0 Å². The van der Waals surface area contributed by atoms with Gasteiger partial charge in [-0.2, -0.15) is 5.10 Å². The average molecular weight is 423 g/mol. The quantitative estimate of drug-likeness (QED) is 0.512. The van der Waals surface area contributed by atoms with E-state index in [1.54, 1.807) is 0 Å². The van der Waals surface area contributed by atoms with E-state index in [9.17, 15) is 9.90 Å². The highest BCUT2D eigenvalue weighted by atomic mass is 16.3. The molecular formula is C27H38N2O2. The van der Waals surface area contributed by atoms with Gasteiger partial charge in [0.1, 0.15) is 0 Å². The van der Waals surface area contributed by atoms with E-state index in [1.807, 2.05) is 4.68 Å². The molecule has 168 valence electrons. The summed E-state index contributed by atoms with van der Waals surface area (Å²) in [4.78, 5) is 13.7. The van der Waals surface area contributed by atoms with Crippen molar-refractivity contribution in [2.45, 2.75) is 92.2 Å². The van der Waals surface area contributed by atoms with Crippen LogP contribution >= 0.6 is 0 Å². The van der Waals surface area contributed by atoms with Crippen molar-refractivity contribution in [1.29, 1.82) is 0 Å². The summed E-state index contributed by atoms with van der Waals surface area (Å²) in [5.41, 5.74) is 5.85. The van der Waals surface area contributed by atoms with E-state index in [-0.39, 0.29) is 16.9 Å². The fraction of sp³-hybridized carbons (Fsp3) is 0.704. The molecule has 0 spiro atoms. The second kappa shape index (κ2) is 7.16. The van der Waals surface area contributed by atoms with Crippen molar-refractivity contribution in [2.75, 3.05) is 0 Å². The maximum absolute atomic E-state index is 13.7. The molecule has 1 aromatic heterocycles. The van der Waals surface area contributed by atoms with Crippen LogP contribution in [0.4, 0.5) is 0 Å². The molecule has 0 saturated heterocycles. The Hall–Kier alpha value is -1.68. The number of hydrogen-bond donors (Lipinski definition) is 1. The molecule has 1 N–H and O–H groups in total. The molecule has 4 aliphatic rings. The van der Waals surface area contributed by atoms with Crippen LogP contribution in [-0.4, -0.2) is 26.8 Å². The number of fused-ring (bicyclic) bond motifs is 5. The Kier molecular flexibility index (Phi) is 4.89. The molecule has 6 atom stereocenters. The van der Waals surface area contributed by atoms with Gasteiger partial charge in [-0.25, -0.2) is 0 Å². The Morgan fingerprint density at radius 3 is 2.61 bits per heavy atom. The van der Waals surface area contributed by atoms with Gasteiger partial charge in [0.2, 0.25) is 0 Å². The average Bonchev–Trinajstić information content (AvgIpc) is 3.16. The molecule has 5 rings (SSSR count). The third-order valence-electron chi connectivity index (χ3n) is 9.77. The predicted octanol–water partition coefficient (Wildman–Crippen LogP) is 5.41. The summed E-state index contributed by atoms with van der Waals surface area (Å²) in [6, 6.07) is 0. The van der Waals surface area contributed by atoms with E-state index in [0.717, 1.165) is 74.0 Å². The minimum Gasteiger partial charge on any atom is -0.393 e. The van der Waals surface area contributed by atoms with E-state index in [0.29, 0.717) is 23.5 Å². The minimum atomic E-state index is -0.217. The highest BCUT2D eigenvalue weighted by Crippen LogP contribution is 2.64. The van der Waals surface area contributed by atoms with Crippen LogP contribution in [0.3, 0.4) is 0 Å². The number of ketones is 1.